The minimum Gasteiger partial charge on any atom is -0.633 e. The van der Waals surface area contributed by atoms with Gasteiger partial charge >= 0.3 is 0 Å². The van der Waals surface area contributed by atoms with E-state index in [2.05, 4.69) is 29.2 Å². The predicted molar refractivity (Wildman–Crippen MR) is 281 cm³/mol. The fourth-order valence-corrected chi connectivity index (χ4v) is 11.7. The van der Waals surface area contributed by atoms with Crippen molar-refractivity contribution in [2.75, 3.05) is 52.5 Å². The van der Waals surface area contributed by atoms with Gasteiger partial charge in [-0.3, -0.25) is 9.69 Å². The summed E-state index contributed by atoms with van der Waals surface area (Å²) in [4.78, 5) is 18.1. The number of aromatic hydroxyl groups is 4. The summed E-state index contributed by atoms with van der Waals surface area (Å²) in [6.07, 6.45) is 7.83. The molecule has 10 rings (SSSR count). The molecule has 0 bridgehead atoms. The van der Waals surface area contributed by atoms with Crippen LogP contribution in [-0.4, -0.2) is 88.2 Å². The number of piperidine rings is 2. The summed E-state index contributed by atoms with van der Waals surface area (Å²) in [6.45, 7) is 6.20. The Bertz CT molecular complexity index is 2960. The molecular weight excluding hydrogens is 928 g/mol. The Balaban J connectivity index is 0.000000184. The summed E-state index contributed by atoms with van der Waals surface area (Å²) in [5.41, 5.74) is 5.42. The number of hydrogen-bond donors (Lipinski definition) is 4. The molecule has 0 atom stereocenters. The average molecular weight is 986 g/mol. The number of thiophene rings is 2. The molecule has 2 saturated heterocycles. The van der Waals surface area contributed by atoms with E-state index in [4.69, 9.17) is 9.47 Å². The zero-order valence-corrected chi connectivity index (χ0v) is 40.8. The van der Waals surface area contributed by atoms with Gasteiger partial charge in [0.25, 0.3) is 0 Å². The van der Waals surface area contributed by atoms with Gasteiger partial charge in [-0.1, -0.05) is 18.6 Å². The molecule has 0 spiro atoms. The molecule has 0 unspecified atom stereocenters. The van der Waals surface area contributed by atoms with Crippen molar-refractivity contribution in [2.45, 2.75) is 44.9 Å². The summed E-state index contributed by atoms with van der Waals surface area (Å²) >= 11 is 3.10. The number of quaternary nitrogens is 1. The van der Waals surface area contributed by atoms with Gasteiger partial charge in [0.05, 0.1) is 13.1 Å². The van der Waals surface area contributed by atoms with Gasteiger partial charge in [0.15, 0.2) is 5.78 Å². The summed E-state index contributed by atoms with van der Waals surface area (Å²) in [5, 5.41) is 53.9. The fourth-order valence-electron chi connectivity index (χ4n) is 9.16. The summed E-state index contributed by atoms with van der Waals surface area (Å²) in [7, 11) is 0. The minimum atomic E-state index is -0.183. The summed E-state index contributed by atoms with van der Waals surface area (Å²) in [5.74, 6) is 2.24. The number of benzene rings is 6. The largest absolute Gasteiger partial charge is 0.633 e. The third-order valence-electron chi connectivity index (χ3n) is 12.9. The smallest absolute Gasteiger partial charge is 0.195 e. The zero-order chi connectivity index (χ0) is 47.0. The molecule has 6 aromatic carbocycles. The number of carbonyl (C=O) groups excluding carboxylic acids is 1. The van der Waals surface area contributed by atoms with Crippen molar-refractivity contribution in [3.05, 3.63) is 161 Å². The molecule has 0 radical (unpaired) electrons. The SMILES string of the molecule is Cl.O=C(c1ccc(OCC[N+]2([O-])CCCCC2)cc1)c1c(-c2ccc(O)cc2)sc2cc(O)ccc12.Oc1ccc(-c2sc3cc(O)ccc3c2Cc2ccc(OCCN3CCCCC3)cc2)cc1. The third-order valence-corrected chi connectivity index (χ3v) is 15.3. The number of carbonyl (C=O) groups is 1. The summed E-state index contributed by atoms with van der Waals surface area (Å²) in [6, 6.07) is 40.1. The lowest BCUT2D eigenvalue weighted by atomic mass is 9.97. The lowest BCUT2D eigenvalue weighted by Gasteiger charge is -2.45. The molecule has 69 heavy (non-hydrogen) atoms. The Morgan fingerprint density at radius 2 is 1.09 bits per heavy atom. The Morgan fingerprint density at radius 3 is 1.71 bits per heavy atom. The second-order valence-corrected chi connectivity index (χ2v) is 19.8. The molecule has 13 heteroatoms. The number of phenols is 4. The minimum absolute atomic E-state index is 0. The van der Waals surface area contributed by atoms with Gasteiger partial charge in [-0.2, -0.15) is 0 Å². The molecule has 2 aliphatic rings. The van der Waals surface area contributed by atoms with E-state index in [1.165, 1.54) is 54.8 Å². The predicted octanol–water partition coefficient (Wildman–Crippen LogP) is 12.9. The molecule has 2 fully saturated rings. The molecule has 0 saturated carbocycles. The zero-order valence-electron chi connectivity index (χ0n) is 38.3. The number of phenolic OH excluding ortho intramolecular Hbond substituents is 4. The van der Waals surface area contributed by atoms with Crippen molar-refractivity contribution in [1.82, 2.24) is 4.90 Å². The highest BCUT2D eigenvalue weighted by Gasteiger charge is 2.23. The number of fused-ring (bicyclic) bond motifs is 2. The molecule has 2 aromatic heterocycles. The highest BCUT2D eigenvalue weighted by atomic mass is 35.5. The lowest BCUT2D eigenvalue weighted by Crippen LogP contribution is -2.48. The van der Waals surface area contributed by atoms with E-state index in [1.54, 1.807) is 96.3 Å². The van der Waals surface area contributed by atoms with Gasteiger partial charge in [-0.25, -0.2) is 0 Å². The van der Waals surface area contributed by atoms with Gasteiger partial charge in [0.1, 0.15) is 54.3 Å². The van der Waals surface area contributed by atoms with Gasteiger partial charge in [0, 0.05) is 42.2 Å². The van der Waals surface area contributed by atoms with E-state index in [9.17, 15) is 30.4 Å². The van der Waals surface area contributed by atoms with Gasteiger partial charge in [0.2, 0.25) is 0 Å². The number of nitrogens with zero attached hydrogens (tertiary/aromatic N) is 2. The Labute approximate surface area is 416 Å². The van der Waals surface area contributed by atoms with Crippen LogP contribution in [0.25, 0.3) is 41.1 Å². The van der Waals surface area contributed by atoms with E-state index in [0.717, 1.165) is 85.6 Å². The number of hydrogen-bond acceptors (Lipinski definition) is 11. The van der Waals surface area contributed by atoms with Crippen LogP contribution in [0.4, 0.5) is 0 Å². The number of hydroxylamine groups is 3. The van der Waals surface area contributed by atoms with Crippen LogP contribution in [0.1, 0.15) is 65.6 Å². The maximum Gasteiger partial charge on any atom is 0.195 e. The standard InChI is InChI=1S/C28H27NO5S.C28H29NO3S.ClH/c30-21-8-4-20(5-9-21)28-26(24-13-10-22(31)18-25(24)35-28)27(32)19-6-11-23(12-7-19)34-17-16-29(33)14-2-1-3-15-29;30-22-8-6-21(7-9-22)28-26(25-13-10-23(31)19-27(25)33-28)18-20-4-11-24(12-5-20)32-17-16-29-14-2-1-3-15-29;/h4-13,18,30-31H,1-3,14-17H2;4-13,19,30-31H,1-3,14-18H2;1H. The van der Waals surface area contributed by atoms with Crippen LogP contribution < -0.4 is 9.47 Å². The summed E-state index contributed by atoms with van der Waals surface area (Å²) < 4.78 is 13.5. The average Bonchev–Trinajstić information content (AvgIpc) is 3.90. The molecular formula is C56H57ClN2O8S2. The number of ether oxygens (including phenoxy) is 2. The maximum atomic E-state index is 13.7. The molecule has 0 aliphatic carbocycles. The molecule has 8 aromatic rings. The number of ketones is 1. The Hall–Kier alpha value is -6.12. The number of rotatable bonds is 14. The van der Waals surface area contributed by atoms with Crippen molar-refractivity contribution in [3.63, 3.8) is 0 Å². The highest BCUT2D eigenvalue weighted by molar-refractivity contribution is 7.23. The van der Waals surface area contributed by atoms with Crippen LogP contribution in [0.5, 0.6) is 34.5 Å². The van der Waals surface area contributed by atoms with E-state index in [-0.39, 0.29) is 45.8 Å². The number of halogens is 1. The topological polar surface area (TPSA) is 143 Å². The van der Waals surface area contributed by atoms with E-state index >= 15 is 0 Å². The molecule has 358 valence electrons. The van der Waals surface area contributed by atoms with Crippen LogP contribution in [0.3, 0.4) is 0 Å². The van der Waals surface area contributed by atoms with Crippen molar-refractivity contribution in [2.24, 2.45) is 0 Å². The van der Waals surface area contributed by atoms with Crippen molar-refractivity contribution >= 4 is 61.0 Å². The third kappa shape index (κ3) is 12.2. The van der Waals surface area contributed by atoms with E-state index in [0.29, 0.717) is 43.1 Å². The van der Waals surface area contributed by atoms with E-state index < -0.39 is 0 Å². The first kappa shape index (κ1) is 49.3. The van der Waals surface area contributed by atoms with Crippen molar-refractivity contribution < 1.29 is 39.3 Å². The normalized spacial score (nSPS) is 14.7. The maximum absolute atomic E-state index is 13.7. The monoisotopic (exact) mass is 984 g/mol. The van der Waals surface area contributed by atoms with Crippen LogP contribution in [0.15, 0.2) is 133 Å². The van der Waals surface area contributed by atoms with Gasteiger partial charge in [-0.05, 0) is 201 Å². The van der Waals surface area contributed by atoms with E-state index in [1.807, 2.05) is 24.3 Å². The number of likely N-dealkylation sites (tertiary alicyclic amines) is 2. The lowest BCUT2D eigenvalue weighted by molar-refractivity contribution is -0.885. The van der Waals surface area contributed by atoms with Crippen molar-refractivity contribution in [1.29, 1.82) is 0 Å². The second kappa shape index (κ2) is 22.5. The Morgan fingerprint density at radius 1 is 0.580 bits per heavy atom. The van der Waals surface area contributed by atoms with Crippen LogP contribution in [0.2, 0.25) is 0 Å². The molecule has 10 nitrogen and oxygen atoms in total. The second-order valence-electron chi connectivity index (χ2n) is 17.7. The van der Waals surface area contributed by atoms with Gasteiger partial charge in [-0.15, -0.1) is 35.1 Å². The Kier molecular flexibility index (Phi) is 16.1. The van der Waals surface area contributed by atoms with Gasteiger partial charge < -0.3 is 39.8 Å². The highest BCUT2D eigenvalue weighted by Crippen LogP contribution is 2.43. The first-order valence-electron chi connectivity index (χ1n) is 23.4. The fraction of sp³-hybridized carbons (Fsp3) is 0.268. The van der Waals surface area contributed by atoms with Crippen molar-refractivity contribution in [3.8, 4) is 55.4 Å². The van der Waals surface area contributed by atoms with Crippen LogP contribution >= 0.6 is 35.1 Å². The van der Waals surface area contributed by atoms with Crippen LogP contribution in [-0.2, 0) is 6.42 Å². The quantitative estimate of drug-likeness (QED) is 0.0476. The molecule has 0 amide bonds. The molecule has 2 aliphatic heterocycles. The molecule has 4 N–H and O–H groups in total. The first-order chi connectivity index (χ1) is 33.1. The molecule has 4 heterocycles. The first-order valence-corrected chi connectivity index (χ1v) is 25.1. The van der Waals surface area contributed by atoms with Crippen LogP contribution in [0, 0.1) is 5.21 Å².